The minimum absolute atomic E-state index is 0.280. The van der Waals surface area contributed by atoms with E-state index in [1.807, 2.05) is 49.1 Å². The van der Waals surface area contributed by atoms with Crippen LogP contribution in [0.4, 0.5) is 4.79 Å². The maximum absolute atomic E-state index is 13.1. The number of ether oxygens (including phenoxy) is 2. The third-order valence-electron chi connectivity index (χ3n) is 5.75. The van der Waals surface area contributed by atoms with Gasteiger partial charge in [-0.05, 0) is 57.4 Å². The lowest BCUT2D eigenvalue weighted by atomic mass is 9.80. The molecular formula is C22H31NO3. The summed E-state index contributed by atoms with van der Waals surface area (Å²) in [7, 11) is 0. The van der Waals surface area contributed by atoms with Gasteiger partial charge in [0, 0.05) is 0 Å². The van der Waals surface area contributed by atoms with E-state index in [1.165, 1.54) is 19.3 Å². The van der Waals surface area contributed by atoms with Crippen molar-refractivity contribution in [2.75, 3.05) is 6.61 Å². The Labute approximate surface area is 157 Å². The number of hydrogen-bond acceptors (Lipinski definition) is 3. The Kier molecular flexibility index (Phi) is 5.71. The lowest BCUT2D eigenvalue weighted by Gasteiger charge is -2.42. The summed E-state index contributed by atoms with van der Waals surface area (Å²) in [5.74, 6) is 0.505. The summed E-state index contributed by atoms with van der Waals surface area (Å²) < 4.78 is 11.8. The molecule has 26 heavy (non-hydrogen) atoms. The minimum Gasteiger partial charge on any atom is -0.444 e. The molecule has 1 amide bonds. The van der Waals surface area contributed by atoms with Crippen LogP contribution in [-0.4, -0.2) is 28.9 Å². The van der Waals surface area contributed by atoms with Crippen molar-refractivity contribution < 1.29 is 14.3 Å². The smallest absolute Gasteiger partial charge is 0.412 e. The molecule has 0 saturated carbocycles. The maximum atomic E-state index is 13.1. The Balaban J connectivity index is 1.76. The molecule has 1 saturated heterocycles. The summed E-state index contributed by atoms with van der Waals surface area (Å²) in [4.78, 5) is 14.9. The third-order valence-corrected chi connectivity index (χ3v) is 5.75. The van der Waals surface area contributed by atoms with Crippen LogP contribution >= 0.6 is 0 Å². The number of nitrogens with zero attached hydrogens (tertiary/aromatic N) is 1. The molecule has 1 fully saturated rings. The molecule has 1 aromatic rings. The van der Waals surface area contributed by atoms with E-state index >= 15 is 0 Å². The molecule has 4 nitrogen and oxygen atoms in total. The first-order chi connectivity index (χ1) is 12.5. The van der Waals surface area contributed by atoms with Crippen molar-refractivity contribution in [1.82, 2.24) is 4.90 Å². The average Bonchev–Trinajstić information content (AvgIpc) is 2.92. The second kappa shape index (κ2) is 7.83. The predicted molar refractivity (Wildman–Crippen MR) is 103 cm³/mol. The first-order valence-corrected chi connectivity index (χ1v) is 9.78. The van der Waals surface area contributed by atoms with E-state index in [4.69, 9.17) is 9.47 Å². The topological polar surface area (TPSA) is 38.8 Å². The van der Waals surface area contributed by atoms with Crippen LogP contribution in [0.25, 0.3) is 0 Å². The number of benzene rings is 1. The van der Waals surface area contributed by atoms with Crippen LogP contribution in [0.2, 0.25) is 0 Å². The van der Waals surface area contributed by atoms with Crippen LogP contribution in [0.5, 0.6) is 0 Å². The van der Waals surface area contributed by atoms with Crippen LogP contribution < -0.4 is 0 Å². The molecular weight excluding hydrogens is 326 g/mol. The van der Waals surface area contributed by atoms with Crippen LogP contribution in [0.3, 0.4) is 0 Å². The van der Waals surface area contributed by atoms with E-state index in [0.29, 0.717) is 12.5 Å². The van der Waals surface area contributed by atoms with E-state index in [0.717, 1.165) is 18.4 Å². The van der Waals surface area contributed by atoms with Gasteiger partial charge in [-0.3, -0.25) is 4.90 Å². The molecule has 4 heteroatoms. The first-order valence-electron chi connectivity index (χ1n) is 9.78. The van der Waals surface area contributed by atoms with Gasteiger partial charge in [0.15, 0.2) is 0 Å². The monoisotopic (exact) mass is 357 g/mol. The Hall–Kier alpha value is -1.81. The summed E-state index contributed by atoms with van der Waals surface area (Å²) in [6.45, 7) is 6.93. The number of hydrogen-bond donors (Lipinski definition) is 0. The molecule has 2 aliphatic rings. The van der Waals surface area contributed by atoms with E-state index < -0.39 is 5.72 Å². The highest BCUT2D eigenvalue weighted by Crippen LogP contribution is 2.43. The van der Waals surface area contributed by atoms with Gasteiger partial charge >= 0.3 is 6.09 Å². The van der Waals surface area contributed by atoms with Gasteiger partial charge in [-0.1, -0.05) is 49.4 Å². The van der Waals surface area contributed by atoms with Crippen molar-refractivity contribution in [2.45, 2.75) is 70.7 Å². The molecule has 1 aliphatic heterocycles. The number of carbonyl (C=O) groups is 1. The molecule has 1 aliphatic carbocycles. The van der Waals surface area contributed by atoms with Gasteiger partial charge < -0.3 is 9.47 Å². The Morgan fingerprint density at radius 2 is 2.08 bits per heavy atom. The highest BCUT2D eigenvalue weighted by Gasteiger charge is 2.54. The highest BCUT2D eigenvalue weighted by atomic mass is 16.6. The molecule has 142 valence electrons. The summed E-state index contributed by atoms with van der Waals surface area (Å²) in [6, 6.07) is 9.82. The number of carbonyl (C=O) groups excluding carboxylic acids is 1. The zero-order valence-corrected chi connectivity index (χ0v) is 16.2. The lowest BCUT2D eigenvalue weighted by molar-refractivity contribution is -0.0568. The quantitative estimate of drug-likeness (QED) is 0.672. The lowest BCUT2D eigenvalue weighted by Crippen LogP contribution is -2.56. The molecule has 1 aromatic carbocycles. The summed E-state index contributed by atoms with van der Waals surface area (Å²) in [6.07, 6.45) is 9.69. The second-order valence-corrected chi connectivity index (χ2v) is 8.01. The Morgan fingerprint density at radius 1 is 1.31 bits per heavy atom. The van der Waals surface area contributed by atoms with Crippen LogP contribution in [0.15, 0.2) is 42.5 Å². The third kappa shape index (κ3) is 3.96. The fraction of sp³-hybridized carbons (Fsp3) is 0.591. The number of allylic oxidation sites excluding steroid dienone is 2. The van der Waals surface area contributed by atoms with Crippen LogP contribution in [0.1, 0.15) is 58.4 Å². The normalized spacial score (nSPS) is 27.5. The van der Waals surface area contributed by atoms with Crippen molar-refractivity contribution in [3.05, 3.63) is 48.0 Å². The van der Waals surface area contributed by atoms with Crippen molar-refractivity contribution >= 4 is 6.09 Å². The molecule has 0 aromatic heterocycles. The highest BCUT2D eigenvalue weighted by molar-refractivity contribution is 5.70. The molecule has 0 bridgehead atoms. The SMILES string of the molecule is CC[C@]1(CC2C=CCCC2)COC(C)(C)N1C(=O)OCc1ccccc1. The van der Waals surface area contributed by atoms with E-state index in [-0.39, 0.29) is 18.2 Å². The summed E-state index contributed by atoms with van der Waals surface area (Å²) in [5.41, 5.74) is 0.0438. The fourth-order valence-corrected chi connectivity index (χ4v) is 4.30. The Morgan fingerprint density at radius 3 is 2.73 bits per heavy atom. The van der Waals surface area contributed by atoms with Gasteiger partial charge in [0.2, 0.25) is 0 Å². The second-order valence-electron chi connectivity index (χ2n) is 8.01. The Bertz CT molecular complexity index is 640. The van der Waals surface area contributed by atoms with Crippen molar-refractivity contribution in [2.24, 2.45) is 5.92 Å². The van der Waals surface area contributed by atoms with Crippen molar-refractivity contribution in [3.63, 3.8) is 0 Å². The van der Waals surface area contributed by atoms with Crippen LogP contribution in [0, 0.1) is 5.92 Å². The standard InChI is InChI=1S/C22H31NO3/c1-4-22(15-18-11-7-5-8-12-18)17-26-21(2,3)23(22)20(24)25-16-19-13-9-6-10-14-19/h6-7,9-11,13-14,18H,4-5,8,12,15-17H2,1-3H3/t18?,22-/m0/s1. The molecule has 0 spiro atoms. The molecule has 2 atom stereocenters. The number of rotatable bonds is 5. The van der Waals surface area contributed by atoms with Crippen molar-refractivity contribution in [3.8, 4) is 0 Å². The molecule has 1 heterocycles. The molecule has 0 N–H and O–H groups in total. The zero-order valence-electron chi connectivity index (χ0n) is 16.2. The predicted octanol–water partition coefficient (Wildman–Crippen LogP) is 5.29. The average molecular weight is 357 g/mol. The van der Waals surface area contributed by atoms with Gasteiger partial charge in [0.05, 0.1) is 12.1 Å². The van der Waals surface area contributed by atoms with Gasteiger partial charge in [-0.2, -0.15) is 0 Å². The van der Waals surface area contributed by atoms with Gasteiger partial charge in [-0.25, -0.2) is 4.79 Å². The number of amides is 1. The molecule has 0 radical (unpaired) electrons. The van der Waals surface area contributed by atoms with Gasteiger partial charge in [-0.15, -0.1) is 0 Å². The molecule has 1 unspecified atom stereocenters. The first kappa shape index (κ1) is 19.0. The fourth-order valence-electron chi connectivity index (χ4n) is 4.30. The zero-order chi connectivity index (χ0) is 18.6. The summed E-state index contributed by atoms with van der Waals surface area (Å²) in [5, 5.41) is 0. The largest absolute Gasteiger partial charge is 0.444 e. The minimum atomic E-state index is -0.651. The van der Waals surface area contributed by atoms with Crippen LogP contribution in [-0.2, 0) is 16.1 Å². The van der Waals surface area contributed by atoms with Gasteiger partial charge in [0.25, 0.3) is 0 Å². The van der Waals surface area contributed by atoms with E-state index in [1.54, 1.807) is 0 Å². The van der Waals surface area contributed by atoms with E-state index in [9.17, 15) is 4.79 Å². The summed E-state index contributed by atoms with van der Waals surface area (Å²) >= 11 is 0. The molecule has 3 rings (SSSR count). The van der Waals surface area contributed by atoms with Gasteiger partial charge in [0.1, 0.15) is 12.3 Å². The van der Waals surface area contributed by atoms with Crippen molar-refractivity contribution in [1.29, 1.82) is 0 Å². The maximum Gasteiger partial charge on any atom is 0.412 e. The van der Waals surface area contributed by atoms with E-state index in [2.05, 4.69) is 19.1 Å².